The number of hydrogen-bond donors (Lipinski definition) is 2. The fraction of sp³-hybridized carbons (Fsp3) is 0.400. The summed E-state index contributed by atoms with van der Waals surface area (Å²) < 4.78 is 27.1. The second-order valence-corrected chi connectivity index (χ2v) is 8.39. The highest BCUT2D eigenvalue weighted by Gasteiger charge is 2.20. The highest BCUT2D eigenvalue weighted by atomic mass is 32.2. The highest BCUT2D eigenvalue weighted by Crippen LogP contribution is 2.22. The third-order valence-electron chi connectivity index (χ3n) is 4.25. The van der Waals surface area contributed by atoms with Gasteiger partial charge in [0.2, 0.25) is 10.0 Å². The van der Waals surface area contributed by atoms with Gasteiger partial charge in [-0.1, -0.05) is 38.0 Å². The van der Waals surface area contributed by atoms with Gasteiger partial charge in [0.15, 0.2) is 0 Å². The Morgan fingerprint density at radius 3 is 2.63 bits per heavy atom. The van der Waals surface area contributed by atoms with Crippen LogP contribution >= 0.6 is 0 Å². The van der Waals surface area contributed by atoms with Gasteiger partial charge in [-0.05, 0) is 43.5 Å². The van der Waals surface area contributed by atoms with Crippen molar-refractivity contribution in [1.29, 1.82) is 0 Å². The van der Waals surface area contributed by atoms with E-state index < -0.39 is 10.0 Å². The zero-order valence-corrected chi connectivity index (χ0v) is 16.8. The van der Waals surface area contributed by atoms with Gasteiger partial charge in [-0.15, -0.1) is 0 Å². The number of nitrogens with one attached hydrogen (secondary N) is 2. The molecule has 0 fully saturated rings. The van der Waals surface area contributed by atoms with E-state index in [9.17, 15) is 13.2 Å². The van der Waals surface area contributed by atoms with E-state index >= 15 is 0 Å². The van der Waals surface area contributed by atoms with Crippen LogP contribution in [0.4, 0.5) is 5.69 Å². The minimum atomic E-state index is -3.49. The van der Waals surface area contributed by atoms with Gasteiger partial charge in [-0.3, -0.25) is 14.5 Å². The Morgan fingerprint density at radius 2 is 2.00 bits per heavy atom. The zero-order valence-electron chi connectivity index (χ0n) is 16.0. The molecule has 0 bridgehead atoms. The molecular weight excluding hydrogens is 362 g/mol. The van der Waals surface area contributed by atoms with E-state index in [2.05, 4.69) is 15.0 Å². The van der Waals surface area contributed by atoms with Crippen LogP contribution in [-0.2, 0) is 10.0 Å². The Labute approximate surface area is 161 Å². The topological polar surface area (TPSA) is 88.2 Å². The first-order valence-corrected chi connectivity index (χ1v) is 10.8. The summed E-state index contributed by atoms with van der Waals surface area (Å²) in [6, 6.07) is 8.65. The van der Waals surface area contributed by atoms with E-state index in [1.807, 2.05) is 32.9 Å². The predicted molar refractivity (Wildman–Crippen MR) is 108 cm³/mol. The average Bonchev–Trinajstić information content (AvgIpc) is 2.66. The third kappa shape index (κ3) is 6.06. The van der Waals surface area contributed by atoms with Crippen molar-refractivity contribution in [1.82, 2.24) is 10.3 Å². The first kappa shape index (κ1) is 20.9. The Bertz CT molecular complexity index is 867. The van der Waals surface area contributed by atoms with Crippen molar-refractivity contribution in [3.8, 4) is 0 Å². The second-order valence-electron chi connectivity index (χ2n) is 6.54. The Kier molecular flexibility index (Phi) is 7.36. The van der Waals surface area contributed by atoms with Crippen LogP contribution in [0.1, 0.15) is 60.6 Å². The van der Waals surface area contributed by atoms with Crippen molar-refractivity contribution in [2.24, 2.45) is 0 Å². The molecule has 6 nitrogen and oxygen atoms in total. The van der Waals surface area contributed by atoms with Crippen molar-refractivity contribution >= 4 is 21.6 Å². The number of pyridine rings is 1. The number of anilines is 1. The molecule has 0 saturated heterocycles. The lowest BCUT2D eigenvalue weighted by molar-refractivity contribution is 0.0936. The molecule has 2 rings (SSSR count). The van der Waals surface area contributed by atoms with Crippen LogP contribution in [-0.4, -0.2) is 25.1 Å². The number of aromatic nitrogens is 1. The molecule has 0 aliphatic rings. The molecule has 1 atom stereocenters. The molecule has 7 heteroatoms. The summed E-state index contributed by atoms with van der Waals surface area (Å²) in [6.45, 7) is 5.77. The first-order chi connectivity index (χ1) is 12.9. The van der Waals surface area contributed by atoms with E-state index in [4.69, 9.17) is 0 Å². The van der Waals surface area contributed by atoms with Crippen molar-refractivity contribution < 1.29 is 13.2 Å². The number of amides is 1. The first-order valence-electron chi connectivity index (χ1n) is 9.18. The van der Waals surface area contributed by atoms with Gasteiger partial charge in [0.05, 0.1) is 23.0 Å². The van der Waals surface area contributed by atoms with Crippen molar-refractivity contribution in [2.75, 3.05) is 10.5 Å². The lowest BCUT2D eigenvalue weighted by atomic mass is 10.0. The third-order valence-corrected chi connectivity index (χ3v) is 5.61. The normalized spacial score (nSPS) is 12.4. The van der Waals surface area contributed by atoms with Crippen LogP contribution in [0, 0.1) is 6.92 Å². The molecule has 146 valence electrons. The molecular formula is C20H27N3O3S. The minimum Gasteiger partial charge on any atom is -0.345 e. The molecule has 0 aliphatic heterocycles. The maximum Gasteiger partial charge on any atom is 0.253 e. The van der Waals surface area contributed by atoms with Crippen molar-refractivity contribution in [3.63, 3.8) is 0 Å². The molecule has 1 amide bonds. The zero-order chi connectivity index (χ0) is 19.9. The van der Waals surface area contributed by atoms with Gasteiger partial charge in [0, 0.05) is 12.4 Å². The standard InChI is InChI=1S/C20H27N3O3S/c1-4-6-12-27(25,26)23-19-10-9-15(3)13-17(19)20(24)22-18(5-2)16-8-7-11-21-14-16/h7-11,13-14,18,23H,4-6,12H2,1-3H3,(H,22,24). The van der Waals surface area contributed by atoms with Gasteiger partial charge >= 0.3 is 0 Å². The molecule has 1 aromatic carbocycles. The van der Waals surface area contributed by atoms with Gasteiger partial charge in [0.1, 0.15) is 0 Å². The van der Waals surface area contributed by atoms with E-state index in [0.717, 1.165) is 17.5 Å². The van der Waals surface area contributed by atoms with Crippen molar-refractivity contribution in [2.45, 2.75) is 46.1 Å². The summed E-state index contributed by atoms with van der Waals surface area (Å²) in [5, 5.41) is 2.98. The molecule has 2 N–H and O–H groups in total. The number of rotatable bonds is 9. The van der Waals surface area contributed by atoms with E-state index in [1.165, 1.54) is 0 Å². The molecule has 1 heterocycles. The fourth-order valence-electron chi connectivity index (χ4n) is 2.73. The number of hydrogen-bond acceptors (Lipinski definition) is 4. The fourth-order valence-corrected chi connectivity index (χ4v) is 4.01. The number of aryl methyl sites for hydroxylation is 1. The van der Waals surface area contributed by atoms with E-state index in [1.54, 1.807) is 30.6 Å². The van der Waals surface area contributed by atoms with Gasteiger partial charge < -0.3 is 5.32 Å². The van der Waals surface area contributed by atoms with Crippen LogP contribution in [0.15, 0.2) is 42.7 Å². The van der Waals surface area contributed by atoms with Gasteiger partial charge in [-0.25, -0.2) is 8.42 Å². The molecule has 27 heavy (non-hydrogen) atoms. The largest absolute Gasteiger partial charge is 0.345 e. The summed E-state index contributed by atoms with van der Waals surface area (Å²) in [5.41, 5.74) is 2.41. The Morgan fingerprint density at radius 1 is 1.22 bits per heavy atom. The molecule has 2 aromatic rings. The lowest BCUT2D eigenvalue weighted by Gasteiger charge is -2.19. The molecule has 0 spiro atoms. The van der Waals surface area contributed by atoms with Gasteiger partial charge in [-0.2, -0.15) is 0 Å². The smallest absolute Gasteiger partial charge is 0.253 e. The number of carbonyl (C=O) groups excluding carboxylic acids is 1. The number of sulfonamides is 1. The van der Waals surface area contributed by atoms with Crippen LogP contribution in [0.2, 0.25) is 0 Å². The summed E-state index contributed by atoms with van der Waals surface area (Å²) in [5.74, 6) is -0.284. The van der Waals surface area contributed by atoms with Crippen molar-refractivity contribution in [3.05, 3.63) is 59.4 Å². The molecule has 0 saturated carbocycles. The van der Waals surface area contributed by atoms with E-state index in [-0.39, 0.29) is 17.7 Å². The molecule has 1 unspecified atom stereocenters. The Balaban J connectivity index is 2.26. The van der Waals surface area contributed by atoms with Crippen LogP contribution in [0.3, 0.4) is 0 Å². The monoisotopic (exact) mass is 389 g/mol. The maximum atomic E-state index is 12.9. The quantitative estimate of drug-likeness (QED) is 0.682. The van der Waals surface area contributed by atoms with Crippen LogP contribution in [0.5, 0.6) is 0 Å². The number of unbranched alkanes of at least 4 members (excludes halogenated alkanes) is 1. The maximum absolute atomic E-state index is 12.9. The molecule has 1 aromatic heterocycles. The molecule has 0 radical (unpaired) electrons. The Hall–Kier alpha value is -2.41. The predicted octanol–water partition coefficient (Wildman–Crippen LogP) is 3.81. The number of carbonyl (C=O) groups is 1. The highest BCUT2D eigenvalue weighted by molar-refractivity contribution is 7.92. The average molecular weight is 390 g/mol. The SMILES string of the molecule is CCCCS(=O)(=O)Nc1ccc(C)cc1C(=O)NC(CC)c1cccnc1. The van der Waals surface area contributed by atoms with E-state index in [0.29, 0.717) is 24.1 Å². The summed E-state index contributed by atoms with van der Waals surface area (Å²) in [7, 11) is -3.49. The van der Waals surface area contributed by atoms with Crippen LogP contribution < -0.4 is 10.0 Å². The summed E-state index contributed by atoms with van der Waals surface area (Å²) >= 11 is 0. The summed E-state index contributed by atoms with van der Waals surface area (Å²) in [6.07, 6.45) is 5.45. The summed E-state index contributed by atoms with van der Waals surface area (Å²) in [4.78, 5) is 17.0. The number of benzene rings is 1. The van der Waals surface area contributed by atoms with Gasteiger partial charge in [0.25, 0.3) is 5.91 Å². The lowest BCUT2D eigenvalue weighted by Crippen LogP contribution is -2.29. The minimum absolute atomic E-state index is 0.0334. The van der Waals surface area contributed by atoms with Crippen LogP contribution in [0.25, 0.3) is 0 Å². The number of nitrogens with zero attached hydrogens (tertiary/aromatic N) is 1. The molecule has 0 aliphatic carbocycles. The second kappa shape index (κ2) is 9.50.